The van der Waals surface area contributed by atoms with Crippen LogP contribution >= 0.6 is 0 Å². The first-order valence-corrected chi connectivity index (χ1v) is 6.73. The van der Waals surface area contributed by atoms with Crippen LogP contribution in [0, 0.1) is 23.0 Å². The molecular formula is C14H21N3O2. The Labute approximate surface area is 113 Å². The minimum Gasteiger partial charge on any atom is -0.379 e. The third kappa shape index (κ3) is 3.67. The molecule has 19 heavy (non-hydrogen) atoms. The van der Waals surface area contributed by atoms with Crippen LogP contribution in [0.1, 0.15) is 18.4 Å². The summed E-state index contributed by atoms with van der Waals surface area (Å²) in [4.78, 5) is 13.0. The van der Waals surface area contributed by atoms with Crippen molar-refractivity contribution in [1.29, 1.82) is 0 Å². The van der Waals surface area contributed by atoms with Crippen molar-refractivity contribution in [2.75, 3.05) is 32.0 Å². The van der Waals surface area contributed by atoms with E-state index >= 15 is 0 Å². The van der Waals surface area contributed by atoms with E-state index in [2.05, 4.69) is 17.3 Å². The first-order chi connectivity index (χ1) is 9.06. The van der Waals surface area contributed by atoms with Gasteiger partial charge in [-0.25, -0.2) is 0 Å². The summed E-state index contributed by atoms with van der Waals surface area (Å²) in [6.45, 7) is 4.96. The highest BCUT2D eigenvalue weighted by atomic mass is 16.6. The van der Waals surface area contributed by atoms with Gasteiger partial charge in [0.15, 0.2) is 0 Å². The number of nitrogens with zero attached hydrogens (tertiary/aromatic N) is 2. The van der Waals surface area contributed by atoms with Crippen LogP contribution in [-0.2, 0) is 0 Å². The van der Waals surface area contributed by atoms with Crippen molar-refractivity contribution in [2.24, 2.45) is 5.92 Å². The Bertz CT molecular complexity index is 462. The van der Waals surface area contributed by atoms with E-state index in [9.17, 15) is 10.1 Å². The van der Waals surface area contributed by atoms with Gasteiger partial charge in [0.1, 0.15) is 5.69 Å². The van der Waals surface area contributed by atoms with Crippen LogP contribution in [0.2, 0.25) is 0 Å². The van der Waals surface area contributed by atoms with Gasteiger partial charge in [0.2, 0.25) is 0 Å². The fraction of sp³-hybridized carbons (Fsp3) is 0.571. The number of rotatable bonds is 4. The Hall–Kier alpha value is -1.62. The van der Waals surface area contributed by atoms with Gasteiger partial charge in [-0.2, -0.15) is 0 Å². The average Bonchev–Trinajstić information content (AvgIpc) is 2.36. The third-order valence-electron chi connectivity index (χ3n) is 3.65. The van der Waals surface area contributed by atoms with Gasteiger partial charge in [0.05, 0.1) is 4.92 Å². The van der Waals surface area contributed by atoms with Crippen LogP contribution < -0.4 is 5.32 Å². The minimum atomic E-state index is -0.325. The average molecular weight is 263 g/mol. The van der Waals surface area contributed by atoms with Gasteiger partial charge in [-0.05, 0) is 50.9 Å². The number of anilines is 1. The van der Waals surface area contributed by atoms with Crippen LogP contribution in [-0.4, -0.2) is 36.5 Å². The molecule has 1 aliphatic heterocycles. The van der Waals surface area contributed by atoms with Gasteiger partial charge >= 0.3 is 0 Å². The predicted octanol–water partition coefficient (Wildman–Crippen LogP) is 2.66. The van der Waals surface area contributed by atoms with E-state index in [0.717, 1.165) is 25.2 Å². The molecule has 0 saturated carbocycles. The zero-order chi connectivity index (χ0) is 13.8. The fourth-order valence-electron chi connectivity index (χ4n) is 2.64. The Morgan fingerprint density at radius 3 is 3.00 bits per heavy atom. The van der Waals surface area contributed by atoms with Crippen LogP contribution in [0.3, 0.4) is 0 Å². The summed E-state index contributed by atoms with van der Waals surface area (Å²) in [7, 11) is 2.13. The first-order valence-electron chi connectivity index (χ1n) is 6.73. The van der Waals surface area contributed by atoms with Crippen molar-refractivity contribution in [3.63, 3.8) is 0 Å². The van der Waals surface area contributed by atoms with Gasteiger partial charge in [0, 0.05) is 19.2 Å². The molecule has 0 aromatic heterocycles. The number of benzene rings is 1. The second-order valence-corrected chi connectivity index (χ2v) is 5.43. The van der Waals surface area contributed by atoms with Crippen molar-refractivity contribution in [1.82, 2.24) is 4.90 Å². The normalized spacial score (nSPS) is 20.2. The van der Waals surface area contributed by atoms with Gasteiger partial charge in [-0.1, -0.05) is 6.07 Å². The number of nitro groups is 1. The molecule has 1 atom stereocenters. The lowest BCUT2D eigenvalue weighted by atomic mass is 9.98. The molecule has 0 spiro atoms. The maximum absolute atomic E-state index is 11.0. The number of piperidine rings is 1. The van der Waals surface area contributed by atoms with Crippen molar-refractivity contribution < 1.29 is 4.92 Å². The molecule has 0 aliphatic carbocycles. The second kappa shape index (κ2) is 6.02. The molecule has 1 heterocycles. The molecule has 5 heteroatoms. The Balaban J connectivity index is 2.02. The van der Waals surface area contributed by atoms with E-state index in [1.54, 1.807) is 12.1 Å². The number of nitrogens with one attached hydrogen (secondary N) is 1. The number of hydrogen-bond donors (Lipinski definition) is 1. The quantitative estimate of drug-likeness (QED) is 0.670. The molecule has 1 fully saturated rings. The topological polar surface area (TPSA) is 58.4 Å². The number of likely N-dealkylation sites (tertiary alicyclic amines) is 1. The molecule has 1 unspecified atom stereocenters. The second-order valence-electron chi connectivity index (χ2n) is 5.43. The van der Waals surface area contributed by atoms with E-state index in [-0.39, 0.29) is 10.6 Å². The van der Waals surface area contributed by atoms with Gasteiger partial charge < -0.3 is 10.2 Å². The van der Waals surface area contributed by atoms with Gasteiger partial charge in [0.25, 0.3) is 5.69 Å². The van der Waals surface area contributed by atoms with Crippen LogP contribution in [0.25, 0.3) is 0 Å². The highest BCUT2D eigenvalue weighted by Gasteiger charge is 2.19. The highest BCUT2D eigenvalue weighted by molar-refractivity contribution is 5.62. The van der Waals surface area contributed by atoms with Gasteiger partial charge in [-0.3, -0.25) is 10.1 Å². The molecule has 1 aromatic carbocycles. The summed E-state index contributed by atoms with van der Waals surface area (Å²) in [5.74, 6) is 0.568. The van der Waals surface area contributed by atoms with Crippen LogP contribution in [0.15, 0.2) is 18.2 Å². The molecule has 2 rings (SSSR count). The molecule has 0 bridgehead atoms. The summed E-state index contributed by atoms with van der Waals surface area (Å²) in [6.07, 6.45) is 2.40. The number of aryl methyl sites for hydroxylation is 1. The Morgan fingerprint density at radius 1 is 1.53 bits per heavy atom. The molecule has 1 N–H and O–H groups in total. The molecule has 5 nitrogen and oxygen atoms in total. The summed E-state index contributed by atoms with van der Waals surface area (Å²) in [5.41, 5.74) is 1.84. The predicted molar refractivity (Wildman–Crippen MR) is 76.5 cm³/mol. The summed E-state index contributed by atoms with van der Waals surface area (Å²) in [6, 6.07) is 5.20. The smallest absolute Gasteiger partial charge is 0.292 e. The third-order valence-corrected chi connectivity index (χ3v) is 3.65. The minimum absolute atomic E-state index is 0.162. The number of hydrogen-bond acceptors (Lipinski definition) is 4. The molecule has 0 amide bonds. The van der Waals surface area contributed by atoms with Crippen LogP contribution in [0.5, 0.6) is 0 Å². The molecule has 1 saturated heterocycles. The molecule has 1 aliphatic rings. The fourth-order valence-corrected chi connectivity index (χ4v) is 2.64. The summed E-state index contributed by atoms with van der Waals surface area (Å²) in [5, 5.41) is 14.3. The lowest BCUT2D eigenvalue weighted by Gasteiger charge is -2.29. The maximum Gasteiger partial charge on any atom is 0.292 e. The van der Waals surface area contributed by atoms with Crippen molar-refractivity contribution in [2.45, 2.75) is 19.8 Å². The molecular weight excluding hydrogens is 242 g/mol. The Morgan fingerprint density at radius 2 is 2.32 bits per heavy atom. The molecule has 104 valence electrons. The summed E-state index contributed by atoms with van der Waals surface area (Å²) < 4.78 is 0. The zero-order valence-corrected chi connectivity index (χ0v) is 11.6. The van der Waals surface area contributed by atoms with Crippen molar-refractivity contribution in [3.05, 3.63) is 33.9 Å². The SMILES string of the molecule is Cc1ccc([N+](=O)[O-])c(NCC2CCCN(C)C2)c1. The van der Waals surface area contributed by atoms with Gasteiger partial charge in [-0.15, -0.1) is 0 Å². The first kappa shape index (κ1) is 13.8. The van der Waals surface area contributed by atoms with Crippen molar-refractivity contribution in [3.8, 4) is 0 Å². The standard InChI is InChI=1S/C14H21N3O2/c1-11-5-6-14(17(18)19)13(8-11)15-9-12-4-3-7-16(2)10-12/h5-6,8,12,15H,3-4,7,9-10H2,1-2H3. The van der Waals surface area contributed by atoms with E-state index in [1.165, 1.54) is 12.8 Å². The zero-order valence-electron chi connectivity index (χ0n) is 11.6. The number of nitro benzene ring substituents is 1. The van der Waals surface area contributed by atoms with E-state index < -0.39 is 0 Å². The molecule has 0 radical (unpaired) electrons. The monoisotopic (exact) mass is 263 g/mol. The van der Waals surface area contributed by atoms with E-state index in [0.29, 0.717) is 11.6 Å². The lowest BCUT2D eigenvalue weighted by Crippen LogP contribution is -2.35. The van der Waals surface area contributed by atoms with Crippen molar-refractivity contribution >= 4 is 11.4 Å². The maximum atomic E-state index is 11.0. The van der Waals surface area contributed by atoms with E-state index in [1.807, 2.05) is 13.0 Å². The molecule has 1 aromatic rings. The Kier molecular flexibility index (Phi) is 4.37. The highest BCUT2D eigenvalue weighted by Crippen LogP contribution is 2.26. The lowest BCUT2D eigenvalue weighted by molar-refractivity contribution is -0.384. The summed E-state index contributed by atoms with van der Waals surface area (Å²) >= 11 is 0. The van der Waals surface area contributed by atoms with Crippen LogP contribution in [0.4, 0.5) is 11.4 Å². The van der Waals surface area contributed by atoms with E-state index in [4.69, 9.17) is 0 Å². The largest absolute Gasteiger partial charge is 0.379 e.